The fraction of sp³-hybridized carbons (Fsp3) is 0. The second-order valence-electron chi connectivity index (χ2n) is 5.25. The maximum Gasteiger partial charge on any atom is 0.142 e. The van der Waals surface area contributed by atoms with Gasteiger partial charge in [0.05, 0.1) is 11.2 Å². The van der Waals surface area contributed by atoms with Crippen molar-refractivity contribution in [2.75, 3.05) is 5.32 Å². The summed E-state index contributed by atoms with van der Waals surface area (Å²) in [7, 11) is 0. The number of halogens is 1. The van der Waals surface area contributed by atoms with Crippen LogP contribution in [0.3, 0.4) is 0 Å². The van der Waals surface area contributed by atoms with Gasteiger partial charge >= 0.3 is 0 Å². The van der Waals surface area contributed by atoms with Crippen molar-refractivity contribution in [2.45, 2.75) is 0 Å². The Kier molecular flexibility index (Phi) is 3.48. The zero-order valence-electron chi connectivity index (χ0n) is 12.3. The number of rotatable bonds is 3. The minimum atomic E-state index is 0.696. The SMILES string of the molecule is Clc1ccc2nn(-c3ccccc3)c(Nc3ccccc3)c2c1. The molecule has 3 nitrogen and oxygen atoms in total. The van der Waals surface area contributed by atoms with Crippen LogP contribution in [0.2, 0.25) is 5.02 Å². The average molecular weight is 320 g/mol. The molecule has 0 atom stereocenters. The fourth-order valence-electron chi connectivity index (χ4n) is 2.59. The Bertz CT molecular complexity index is 946. The van der Waals surface area contributed by atoms with Crippen molar-refractivity contribution < 1.29 is 0 Å². The van der Waals surface area contributed by atoms with Gasteiger partial charge in [-0.3, -0.25) is 0 Å². The number of aromatic nitrogens is 2. The van der Waals surface area contributed by atoms with E-state index in [1.54, 1.807) is 0 Å². The van der Waals surface area contributed by atoms with Crippen LogP contribution in [0.25, 0.3) is 16.6 Å². The van der Waals surface area contributed by atoms with E-state index in [9.17, 15) is 0 Å². The van der Waals surface area contributed by atoms with Crippen LogP contribution in [0.15, 0.2) is 78.9 Å². The fourth-order valence-corrected chi connectivity index (χ4v) is 2.76. The minimum Gasteiger partial charge on any atom is -0.340 e. The van der Waals surface area contributed by atoms with Gasteiger partial charge in [0.1, 0.15) is 5.82 Å². The summed E-state index contributed by atoms with van der Waals surface area (Å²) in [6.07, 6.45) is 0. The summed E-state index contributed by atoms with van der Waals surface area (Å²) in [4.78, 5) is 0. The van der Waals surface area contributed by atoms with Gasteiger partial charge in [-0.15, -0.1) is 0 Å². The third-order valence-corrected chi connectivity index (χ3v) is 3.91. The Morgan fingerprint density at radius 3 is 2.26 bits per heavy atom. The Hall–Kier alpha value is -2.78. The molecular weight excluding hydrogens is 306 g/mol. The molecule has 0 aliphatic rings. The van der Waals surface area contributed by atoms with Gasteiger partial charge in [0.25, 0.3) is 0 Å². The lowest BCUT2D eigenvalue weighted by molar-refractivity contribution is 0.904. The summed E-state index contributed by atoms with van der Waals surface area (Å²) in [6.45, 7) is 0. The highest BCUT2D eigenvalue weighted by Gasteiger charge is 2.13. The van der Waals surface area contributed by atoms with Gasteiger partial charge in [0.2, 0.25) is 0 Å². The van der Waals surface area contributed by atoms with Gasteiger partial charge in [-0.25, -0.2) is 4.68 Å². The molecule has 0 aliphatic carbocycles. The van der Waals surface area contributed by atoms with Crippen molar-refractivity contribution in [2.24, 2.45) is 0 Å². The second-order valence-corrected chi connectivity index (χ2v) is 5.68. The van der Waals surface area contributed by atoms with Crippen molar-refractivity contribution in [3.8, 4) is 5.69 Å². The topological polar surface area (TPSA) is 29.9 Å². The van der Waals surface area contributed by atoms with Crippen LogP contribution in [-0.4, -0.2) is 9.78 Å². The summed E-state index contributed by atoms with van der Waals surface area (Å²) >= 11 is 6.18. The first-order valence-electron chi connectivity index (χ1n) is 7.37. The predicted octanol–water partition coefficient (Wildman–Crippen LogP) is 5.42. The summed E-state index contributed by atoms with van der Waals surface area (Å²) in [5, 5.41) is 9.87. The van der Waals surface area contributed by atoms with Crippen LogP contribution < -0.4 is 5.32 Å². The molecule has 0 bridgehead atoms. The number of fused-ring (bicyclic) bond motifs is 1. The van der Waals surface area contributed by atoms with Crippen molar-refractivity contribution >= 4 is 34.0 Å². The molecule has 1 heterocycles. The van der Waals surface area contributed by atoms with Gasteiger partial charge < -0.3 is 5.32 Å². The van der Waals surface area contributed by atoms with Crippen molar-refractivity contribution in [3.05, 3.63) is 83.9 Å². The first-order chi connectivity index (χ1) is 11.3. The largest absolute Gasteiger partial charge is 0.340 e. The number of nitrogens with one attached hydrogen (secondary N) is 1. The molecule has 4 aromatic rings. The highest BCUT2D eigenvalue weighted by molar-refractivity contribution is 6.31. The molecule has 0 spiro atoms. The molecule has 0 saturated heterocycles. The standard InChI is InChI=1S/C19H14ClN3/c20-14-11-12-18-17(13-14)19(21-15-7-3-1-4-8-15)23(22-18)16-9-5-2-6-10-16/h1-13,21H. The highest BCUT2D eigenvalue weighted by atomic mass is 35.5. The van der Waals surface area contributed by atoms with E-state index in [2.05, 4.69) is 5.32 Å². The van der Waals surface area contributed by atoms with E-state index in [1.165, 1.54) is 0 Å². The van der Waals surface area contributed by atoms with E-state index in [0.717, 1.165) is 28.1 Å². The van der Waals surface area contributed by atoms with E-state index >= 15 is 0 Å². The number of benzene rings is 3. The predicted molar refractivity (Wildman–Crippen MR) is 95.8 cm³/mol. The smallest absolute Gasteiger partial charge is 0.142 e. The molecule has 4 rings (SSSR count). The van der Waals surface area contributed by atoms with E-state index in [4.69, 9.17) is 16.7 Å². The Labute approximate surface area is 139 Å². The summed E-state index contributed by atoms with van der Waals surface area (Å²) in [5.41, 5.74) is 2.90. The number of hydrogen-bond acceptors (Lipinski definition) is 2. The van der Waals surface area contributed by atoms with Crippen LogP contribution in [0.4, 0.5) is 11.5 Å². The number of para-hydroxylation sites is 2. The number of nitrogens with zero attached hydrogens (tertiary/aromatic N) is 2. The Morgan fingerprint density at radius 2 is 1.52 bits per heavy atom. The molecule has 23 heavy (non-hydrogen) atoms. The molecule has 0 fully saturated rings. The quantitative estimate of drug-likeness (QED) is 0.546. The van der Waals surface area contributed by atoms with E-state index < -0.39 is 0 Å². The Balaban J connectivity index is 1.93. The molecule has 0 aliphatic heterocycles. The Morgan fingerprint density at radius 1 is 0.826 bits per heavy atom. The zero-order valence-corrected chi connectivity index (χ0v) is 13.0. The van der Waals surface area contributed by atoms with Gasteiger partial charge in [-0.1, -0.05) is 48.0 Å². The molecule has 0 unspecified atom stereocenters. The van der Waals surface area contributed by atoms with Crippen LogP contribution in [0, 0.1) is 0 Å². The third kappa shape index (κ3) is 2.67. The molecule has 4 heteroatoms. The van der Waals surface area contributed by atoms with Gasteiger partial charge in [-0.05, 0) is 42.5 Å². The first kappa shape index (κ1) is 13.9. The second kappa shape index (κ2) is 5.78. The zero-order chi connectivity index (χ0) is 15.6. The maximum atomic E-state index is 6.18. The first-order valence-corrected chi connectivity index (χ1v) is 7.75. The summed E-state index contributed by atoms with van der Waals surface area (Å²) < 4.78 is 1.91. The molecule has 0 saturated carbocycles. The maximum absolute atomic E-state index is 6.18. The van der Waals surface area contributed by atoms with Crippen molar-refractivity contribution in [1.29, 1.82) is 0 Å². The molecular formula is C19H14ClN3. The minimum absolute atomic E-state index is 0.696. The number of anilines is 2. The van der Waals surface area contributed by atoms with Crippen LogP contribution in [0.5, 0.6) is 0 Å². The van der Waals surface area contributed by atoms with Crippen molar-refractivity contribution in [1.82, 2.24) is 9.78 Å². The molecule has 3 aromatic carbocycles. The van der Waals surface area contributed by atoms with E-state index in [-0.39, 0.29) is 0 Å². The lowest BCUT2D eigenvalue weighted by atomic mass is 10.2. The molecule has 1 N–H and O–H groups in total. The molecule has 112 valence electrons. The molecule has 0 amide bonds. The lowest BCUT2D eigenvalue weighted by Gasteiger charge is -2.10. The van der Waals surface area contributed by atoms with Gasteiger partial charge in [-0.2, -0.15) is 5.10 Å². The van der Waals surface area contributed by atoms with Crippen molar-refractivity contribution in [3.63, 3.8) is 0 Å². The third-order valence-electron chi connectivity index (χ3n) is 3.67. The van der Waals surface area contributed by atoms with Gasteiger partial charge in [0, 0.05) is 16.1 Å². The van der Waals surface area contributed by atoms with Gasteiger partial charge in [0.15, 0.2) is 0 Å². The molecule has 1 aromatic heterocycles. The lowest BCUT2D eigenvalue weighted by Crippen LogP contribution is -2.02. The number of hydrogen-bond donors (Lipinski definition) is 1. The molecule has 0 radical (unpaired) electrons. The summed E-state index contributed by atoms with van der Waals surface area (Å²) in [6, 6.07) is 25.8. The van der Waals surface area contributed by atoms with E-state index in [0.29, 0.717) is 5.02 Å². The van der Waals surface area contributed by atoms with E-state index in [1.807, 2.05) is 83.5 Å². The average Bonchev–Trinajstić information content (AvgIpc) is 2.95. The highest BCUT2D eigenvalue weighted by Crippen LogP contribution is 2.31. The van der Waals surface area contributed by atoms with Crippen LogP contribution >= 0.6 is 11.6 Å². The summed E-state index contributed by atoms with van der Waals surface area (Å²) in [5.74, 6) is 0.903. The monoisotopic (exact) mass is 319 g/mol. The van der Waals surface area contributed by atoms with Crippen LogP contribution in [0.1, 0.15) is 0 Å². The van der Waals surface area contributed by atoms with Crippen LogP contribution in [-0.2, 0) is 0 Å². The normalized spacial score (nSPS) is 10.8.